The van der Waals surface area contributed by atoms with Crippen molar-refractivity contribution in [2.45, 2.75) is 58.2 Å². The smallest absolute Gasteiger partial charge is 0.333 e. The third-order valence-corrected chi connectivity index (χ3v) is 7.33. The molecular formula is C22H30O7. The molecule has 0 aromatic rings. The Morgan fingerprint density at radius 2 is 1.97 bits per heavy atom. The third-order valence-electron chi connectivity index (χ3n) is 7.33. The van der Waals surface area contributed by atoms with Crippen LogP contribution in [0.3, 0.4) is 0 Å². The average Bonchev–Trinajstić information content (AvgIpc) is 3.02. The number of carbonyl (C=O) groups excluding carboxylic acids is 3. The molecule has 5 atom stereocenters. The van der Waals surface area contributed by atoms with E-state index in [4.69, 9.17) is 14.2 Å². The van der Waals surface area contributed by atoms with Crippen LogP contribution in [0.2, 0.25) is 0 Å². The second-order valence-electron chi connectivity index (χ2n) is 8.64. The predicted molar refractivity (Wildman–Crippen MR) is 103 cm³/mol. The number of aliphatic hydroxyl groups excluding tert-OH is 1. The molecule has 0 aromatic heterocycles. The number of esters is 3. The summed E-state index contributed by atoms with van der Waals surface area (Å²) in [5, 5.41) is 9.91. The fraction of sp³-hybridized carbons (Fsp3) is 0.682. The minimum absolute atomic E-state index is 0.221. The predicted octanol–water partition coefficient (Wildman–Crippen LogP) is 2.67. The van der Waals surface area contributed by atoms with Crippen LogP contribution < -0.4 is 0 Å². The second kappa shape index (κ2) is 7.94. The Labute approximate surface area is 171 Å². The second-order valence-corrected chi connectivity index (χ2v) is 8.64. The number of carbonyl (C=O) groups is 3. The zero-order valence-electron chi connectivity index (χ0n) is 17.4. The maximum atomic E-state index is 13.2. The molecule has 0 amide bonds. The minimum Gasteiger partial charge on any atom is -0.469 e. The van der Waals surface area contributed by atoms with Gasteiger partial charge in [0.2, 0.25) is 6.29 Å². The number of allylic oxidation sites excluding steroid dienone is 1. The van der Waals surface area contributed by atoms with Crippen molar-refractivity contribution in [1.29, 1.82) is 0 Å². The molecule has 1 aliphatic heterocycles. The molecule has 0 spiro atoms. The van der Waals surface area contributed by atoms with Crippen LogP contribution in [0.4, 0.5) is 0 Å². The highest BCUT2D eigenvalue weighted by Crippen LogP contribution is 2.63. The number of ether oxygens (including phenoxy) is 3. The van der Waals surface area contributed by atoms with Crippen molar-refractivity contribution in [2.24, 2.45) is 22.7 Å². The lowest BCUT2D eigenvalue weighted by atomic mass is 9.45. The van der Waals surface area contributed by atoms with Crippen LogP contribution in [0.1, 0.15) is 51.9 Å². The van der Waals surface area contributed by atoms with Crippen molar-refractivity contribution < 1.29 is 33.7 Å². The van der Waals surface area contributed by atoms with Gasteiger partial charge in [0.05, 0.1) is 25.0 Å². The van der Waals surface area contributed by atoms with Gasteiger partial charge in [-0.05, 0) is 57.3 Å². The van der Waals surface area contributed by atoms with Gasteiger partial charge in [-0.1, -0.05) is 18.6 Å². The van der Waals surface area contributed by atoms with E-state index in [0.717, 1.165) is 5.57 Å². The van der Waals surface area contributed by atoms with Gasteiger partial charge in [-0.25, -0.2) is 4.79 Å². The van der Waals surface area contributed by atoms with E-state index < -0.39 is 23.1 Å². The summed E-state index contributed by atoms with van der Waals surface area (Å²) in [5.41, 5.74) is -0.205. The summed E-state index contributed by atoms with van der Waals surface area (Å²) >= 11 is 0. The highest BCUT2D eigenvalue weighted by molar-refractivity contribution is 5.85. The Morgan fingerprint density at radius 1 is 1.28 bits per heavy atom. The molecule has 7 heteroatoms. The van der Waals surface area contributed by atoms with E-state index in [9.17, 15) is 19.5 Å². The molecule has 1 N–H and O–H groups in total. The summed E-state index contributed by atoms with van der Waals surface area (Å²) < 4.78 is 15.2. The van der Waals surface area contributed by atoms with E-state index in [-0.39, 0.29) is 23.8 Å². The SMILES string of the molecule is C=C1CC[C@@H]2[C@](C(=O)OC)(CCC[C@]2(C)C(=O)OC)[C@H]1CCC1=CC(=O)O[C@H]1O. The monoisotopic (exact) mass is 406 g/mol. The number of rotatable bonds is 5. The molecule has 0 unspecified atom stereocenters. The van der Waals surface area contributed by atoms with Gasteiger partial charge in [-0.15, -0.1) is 0 Å². The number of cyclic esters (lactones) is 1. The van der Waals surface area contributed by atoms with Gasteiger partial charge < -0.3 is 19.3 Å². The molecule has 3 aliphatic rings. The number of methoxy groups -OCH3 is 2. The fourth-order valence-corrected chi connectivity index (χ4v) is 5.99. The van der Waals surface area contributed by atoms with Crippen LogP contribution in [-0.4, -0.2) is 43.5 Å². The van der Waals surface area contributed by atoms with Crippen LogP contribution in [0.5, 0.6) is 0 Å². The van der Waals surface area contributed by atoms with E-state index in [0.29, 0.717) is 50.5 Å². The van der Waals surface area contributed by atoms with Gasteiger partial charge in [0, 0.05) is 11.6 Å². The topological polar surface area (TPSA) is 99.1 Å². The Hall–Kier alpha value is -2.15. The van der Waals surface area contributed by atoms with Gasteiger partial charge >= 0.3 is 17.9 Å². The standard InChI is InChI=1S/C22H30O7/c1-13-6-9-16-21(2,19(25)27-3)10-5-11-22(16,20(26)28-4)15(13)8-7-14-12-17(23)29-18(14)24/h12,15-16,18,24H,1,5-11H2,2-4H3/t15-,16-,18+,21-,22-/m0/s1. The quantitative estimate of drug-likeness (QED) is 0.426. The van der Waals surface area contributed by atoms with E-state index in [2.05, 4.69) is 6.58 Å². The van der Waals surface area contributed by atoms with Crippen molar-refractivity contribution in [1.82, 2.24) is 0 Å². The maximum Gasteiger partial charge on any atom is 0.333 e. The zero-order valence-corrected chi connectivity index (χ0v) is 17.4. The summed E-state index contributed by atoms with van der Waals surface area (Å²) in [6.07, 6.45) is 4.33. The number of aliphatic hydroxyl groups is 1. The van der Waals surface area contributed by atoms with Gasteiger partial charge in [0.25, 0.3) is 0 Å². The van der Waals surface area contributed by atoms with Crippen molar-refractivity contribution in [3.05, 3.63) is 23.8 Å². The Morgan fingerprint density at radius 3 is 2.55 bits per heavy atom. The molecule has 7 nitrogen and oxygen atoms in total. The molecular weight excluding hydrogens is 376 g/mol. The first-order valence-electron chi connectivity index (χ1n) is 10.1. The van der Waals surface area contributed by atoms with E-state index in [1.54, 1.807) is 0 Å². The molecule has 3 rings (SSSR count). The van der Waals surface area contributed by atoms with Crippen LogP contribution in [-0.2, 0) is 28.6 Å². The highest BCUT2D eigenvalue weighted by atomic mass is 16.6. The van der Waals surface area contributed by atoms with Gasteiger partial charge in [0.15, 0.2) is 0 Å². The highest BCUT2D eigenvalue weighted by Gasteiger charge is 2.64. The lowest BCUT2D eigenvalue weighted by molar-refractivity contribution is -0.185. The molecule has 0 saturated heterocycles. The molecule has 160 valence electrons. The maximum absolute atomic E-state index is 13.2. The molecule has 2 fully saturated rings. The lowest BCUT2D eigenvalue weighted by Crippen LogP contribution is -2.58. The van der Waals surface area contributed by atoms with Gasteiger partial charge in [0.1, 0.15) is 0 Å². The van der Waals surface area contributed by atoms with Crippen LogP contribution in [0.15, 0.2) is 23.8 Å². The summed E-state index contributed by atoms with van der Waals surface area (Å²) in [4.78, 5) is 37.4. The normalized spacial score (nSPS) is 36.7. The molecule has 29 heavy (non-hydrogen) atoms. The van der Waals surface area contributed by atoms with Crippen LogP contribution in [0, 0.1) is 22.7 Å². The first-order chi connectivity index (χ1) is 13.7. The lowest BCUT2D eigenvalue weighted by Gasteiger charge is -2.56. The van der Waals surface area contributed by atoms with Gasteiger partial charge in [-0.2, -0.15) is 0 Å². The van der Waals surface area contributed by atoms with Crippen LogP contribution in [0.25, 0.3) is 0 Å². The minimum atomic E-state index is -1.24. The van der Waals surface area contributed by atoms with E-state index in [1.807, 2.05) is 6.92 Å². The van der Waals surface area contributed by atoms with Crippen molar-refractivity contribution >= 4 is 17.9 Å². The third kappa shape index (κ3) is 3.39. The van der Waals surface area contributed by atoms with Crippen molar-refractivity contribution in [3.8, 4) is 0 Å². The zero-order chi connectivity index (χ0) is 21.4. The van der Waals surface area contributed by atoms with Gasteiger partial charge in [-0.3, -0.25) is 9.59 Å². The summed E-state index contributed by atoms with van der Waals surface area (Å²) in [6.45, 7) is 6.13. The Kier molecular flexibility index (Phi) is 5.90. The molecule has 0 aromatic carbocycles. The molecule has 0 radical (unpaired) electrons. The molecule has 2 saturated carbocycles. The summed E-state index contributed by atoms with van der Waals surface area (Å²) in [7, 11) is 2.76. The number of hydrogen-bond acceptors (Lipinski definition) is 7. The summed E-state index contributed by atoms with van der Waals surface area (Å²) in [5.74, 6) is -1.63. The fourth-order valence-electron chi connectivity index (χ4n) is 5.99. The summed E-state index contributed by atoms with van der Waals surface area (Å²) in [6, 6.07) is 0. The van der Waals surface area contributed by atoms with Crippen molar-refractivity contribution in [2.75, 3.05) is 14.2 Å². The number of fused-ring (bicyclic) bond motifs is 1. The van der Waals surface area contributed by atoms with E-state index >= 15 is 0 Å². The van der Waals surface area contributed by atoms with Crippen LogP contribution >= 0.6 is 0 Å². The Balaban J connectivity index is 1.98. The van der Waals surface area contributed by atoms with Crippen molar-refractivity contribution in [3.63, 3.8) is 0 Å². The Bertz CT molecular complexity index is 754. The first-order valence-corrected chi connectivity index (χ1v) is 10.1. The average molecular weight is 406 g/mol. The molecule has 2 aliphatic carbocycles. The van der Waals surface area contributed by atoms with E-state index in [1.165, 1.54) is 20.3 Å². The molecule has 0 bridgehead atoms. The molecule has 1 heterocycles. The largest absolute Gasteiger partial charge is 0.469 e. The number of hydrogen-bond donors (Lipinski definition) is 1. The first kappa shape index (κ1) is 21.6.